The fraction of sp³-hybridized carbons (Fsp3) is 0.545. The van der Waals surface area contributed by atoms with Crippen LogP contribution in [0.15, 0.2) is 16.9 Å². The summed E-state index contributed by atoms with van der Waals surface area (Å²) >= 11 is 1.92. The van der Waals surface area contributed by atoms with E-state index in [4.69, 9.17) is 4.52 Å². The number of imidazole rings is 1. The third-order valence-electron chi connectivity index (χ3n) is 3.02. The van der Waals surface area contributed by atoms with Crippen molar-refractivity contribution in [2.75, 3.05) is 18.1 Å². The van der Waals surface area contributed by atoms with E-state index in [-0.39, 0.29) is 0 Å². The van der Waals surface area contributed by atoms with Gasteiger partial charge < -0.3 is 14.8 Å². The molecule has 2 aromatic rings. The second-order valence-corrected chi connectivity index (χ2v) is 5.28. The topological polar surface area (TPSA) is 79.6 Å². The van der Waals surface area contributed by atoms with Gasteiger partial charge in [0, 0.05) is 29.9 Å². The average molecular weight is 265 g/mol. The number of H-pyrrole nitrogens is 1. The number of nitrogens with zero attached hydrogens (tertiary/aromatic N) is 3. The quantitative estimate of drug-likeness (QED) is 0.866. The highest BCUT2D eigenvalue weighted by Gasteiger charge is 2.33. The first kappa shape index (κ1) is 11.7. The van der Waals surface area contributed by atoms with E-state index in [9.17, 15) is 0 Å². The minimum absolute atomic E-state index is 0.297. The van der Waals surface area contributed by atoms with Gasteiger partial charge in [0.2, 0.25) is 11.7 Å². The molecule has 6 nitrogen and oxygen atoms in total. The van der Waals surface area contributed by atoms with Crippen molar-refractivity contribution in [2.24, 2.45) is 0 Å². The summed E-state index contributed by atoms with van der Waals surface area (Å²) in [4.78, 5) is 11.5. The highest BCUT2D eigenvalue weighted by atomic mass is 32.2. The number of thioether (sulfide) groups is 1. The molecule has 1 fully saturated rings. The van der Waals surface area contributed by atoms with Gasteiger partial charge in [0.15, 0.2) is 5.82 Å². The van der Waals surface area contributed by atoms with Gasteiger partial charge in [-0.3, -0.25) is 0 Å². The second-order valence-electron chi connectivity index (χ2n) is 4.20. The number of likely N-dealkylation sites (N-methyl/N-ethyl adjacent to an activating group) is 1. The summed E-state index contributed by atoms with van der Waals surface area (Å²) in [5.74, 6) is 4.30. The Balaban J connectivity index is 1.80. The molecule has 0 radical (unpaired) electrons. The Bertz CT molecular complexity index is 497. The molecule has 0 amide bonds. The molecular formula is C11H15N5OS. The lowest BCUT2D eigenvalue weighted by Crippen LogP contribution is -2.34. The summed E-state index contributed by atoms with van der Waals surface area (Å²) in [6.45, 7) is 3.07. The largest absolute Gasteiger partial charge is 0.342 e. The number of nitrogens with one attached hydrogen (secondary N) is 2. The van der Waals surface area contributed by atoms with Crippen LogP contribution < -0.4 is 5.32 Å². The lowest BCUT2D eigenvalue weighted by Gasteiger charge is -2.15. The van der Waals surface area contributed by atoms with Crippen LogP contribution in [0.4, 0.5) is 0 Å². The van der Waals surface area contributed by atoms with Gasteiger partial charge in [-0.15, -0.1) is 0 Å². The predicted molar refractivity (Wildman–Crippen MR) is 69.4 cm³/mol. The van der Waals surface area contributed by atoms with Crippen LogP contribution in [0.5, 0.6) is 0 Å². The SMILES string of the molecule is CCNC1CSCC1c1nc(-c2ncc[nH]2)no1. The van der Waals surface area contributed by atoms with Crippen molar-refractivity contribution in [3.63, 3.8) is 0 Å². The van der Waals surface area contributed by atoms with Gasteiger partial charge >= 0.3 is 0 Å². The number of aromatic nitrogens is 4. The molecule has 1 aliphatic heterocycles. The summed E-state index contributed by atoms with van der Waals surface area (Å²) in [5.41, 5.74) is 0. The van der Waals surface area contributed by atoms with Gasteiger partial charge in [-0.25, -0.2) is 4.98 Å². The van der Waals surface area contributed by atoms with Crippen molar-refractivity contribution < 1.29 is 4.52 Å². The first-order chi connectivity index (χ1) is 8.88. The molecule has 2 unspecified atom stereocenters. The number of hydrogen-bond donors (Lipinski definition) is 2. The molecule has 0 aromatic carbocycles. The highest BCUT2D eigenvalue weighted by Crippen LogP contribution is 2.32. The molecule has 2 aromatic heterocycles. The Kier molecular flexibility index (Phi) is 3.33. The maximum Gasteiger partial charge on any atom is 0.238 e. The van der Waals surface area contributed by atoms with Crippen molar-refractivity contribution in [3.8, 4) is 11.6 Å². The van der Waals surface area contributed by atoms with Crippen LogP contribution in [-0.2, 0) is 0 Å². The van der Waals surface area contributed by atoms with E-state index in [0.29, 0.717) is 29.5 Å². The Morgan fingerprint density at radius 1 is 1.56 bits per heavy atom. The van der Waals surface area contributed by atoms with Crippen molar-refractivity contribution in [1.82, 2.24) is 25.4 Å². The maximum atomic E-state index is 5.37. The van der Waals surface area contributed by atoms with E-state index < -0.39 is 0 Å². The molecular weight excluding hydrogens is 250 g/mol. The second kappa shape index (κ2) is 5.11. The van der Waals surface area contributed by atoms with Crippen LogP contribution in [-0.4, -0.2) is 44.2 Å². The fourth-order valence-electron chi connectivity index (χ4n) is 2.13. The molecule has 3 heterocycles. The first-order valence-electron chi connectivity index (χ1n) is 6.03. The molecule has 3 rings (SSSR count). The monoisotopic (exact) mass is 265 g/mol. The lowest BCUT2D eigenvalue weighted by atomic mass is 10.0. The van der Waals surface area contributed by atoms with Gasteiger partial charge in [0.1, 0.15) is 0 Å². The molecule has 18 heavy (non-hydrogen) atoms. The summed E-state index contributed by atoms with van der Waals surface area (Å²) in [5, 5.41) is 7.45. The fourth-order valence-corrected chi connectivity index (χ4v) is 3.50. The Hall–Kier alpha value is -1.34. The van der Waals surface area contributed by atoms with Gasteiger partial charge in [-0.2, -0.15) is 16.7 Å². The first-order valence-corrected chi connectivity index (χ1v) is 7.18. The van der Waals surface area contributed by atoms with Crippen LogP contribution in [0.3, 0.4) is 0 Å². The number of hydrogen-bond acceptors (Lipinski definition) is 6. The minimum atomic E-state index is 0.297. The highest BCUT2D eigenvalue weighted by molar-refractivity contribution is 7.99. The van der Waals surface area contributed by atoms with Gasteiger partial charge in [-0.05, 0) is 6.54 Å². The van der Waals surface area contributed by atoms with Crippen LogP contribution in [0.2, 0.25) is 0 Å². The zero-order valence-corrected chi connectivity index (χ0v) is 10.9. The van der Waals surface area contributed by atoms with Crippen LogP contribution in [0, 0.1) is 0 Å². The van der Waals surface area contributed by atoms with E-state index >= 15 is 0 Å². The van der Waals surface area contributed by atoms with Crippen molar-refractivity contribution in [2.45, 2.75) is 18.9 Å². The summed E-state index contributed by atoms with van der Waals surface area (Å²) in [6.07, 6.45) is 3.43. The van der Waals surface area contributed by atoms with E-state index in [0.717, 1.165) is 18.1 Å². The lowest BCUT2D eigenvalue weighted by molar-refractivity contribution is 0.340. The zero-order chi connectivity index (χ0) is 12.4. The third-order valence-corrected chi connectivity index (χ3v) is 4.21. The zero-order valence-electron chi connectivity index (χ0n) is 10.1. The van der Waals surface area contributed by atoms with Gasteiger partial charge in [0.25, 0.3) is 0 Å². The van der Waals surface area contributed by atoms with Gasteiger partial charge in [-0.1, -0.05) is 12.1 Å². The van der Waals surface area contributed by atoms with E-state index in [1.165, 1.54) is 0 Å². The van der Waals surface area contributed by atoms with Crippen molar-refractivity contribution >= 4 is 11.8 Å². The van der Waals surface area contributed by atoms with E-state index in [1.54, 1.807) is 12.4 Å². The van der Waals surface area contributed by atoms with E-state index in [1.807, 2.05) is 11.8 Å². The molecule has 0 saturated carbocycles. The molecule has 0 bridgehead atoms. The molecule has 2 N–H and O–H groups in total. The molecule has 0 spiro atoms. The Labute approximate surface area is 109 Å². The van der Waals surface area contributed by atoms with Crippen molar-refractivity contribution in [1.29, 1.82) is 0 Å². The molecule has 96 valence electrons. The maximum absolute atomic E-state index is 5.37. The van der Waals surface area contributed by atoms with Crippen molar-refractivity contribution in [3.05, 3.63) is 18.3 Å². The molecule has 0 aliphatic carbocycles. The Morgan fingerprint density at radius 2 is 2.50 bits per heavy atom. The molecule has 1 saturated heterocycles. The number of aromatic amines is 1. The van der Waals surface area contributed by atoms with E-state index in [2.05, 4.69) is 32.3 Å². The minimum Gasteiger partial charge on any atom is -0.342 e. The molecule has 2 atom stereocenters. The third kappa shape index (κ3) is 2.15. The predicted octanol–water partition coefficient (Wildman–Crippen LogP) is 1.27. The molecule has 1 aliphatic rings. The normalized spacial score (nSPS) is 23.6. The van der Waals surface area contributed by atoms with Crippen LogP contribution >= 0.6 is 11.8 Å². The van der Waals surface area contributed by atoms with Crippen LogP contribution in [0.25, 0.3) is 11.6 Å². The summed E-state index contributed by atoms with van der Waals surface area (Å²) in [6, 6.07) is 0.421. The summed E-state index contributed by atoms with van der Waals surface area (Å²) < 4.78 is 5.37. The standard InChI is InChI=1S/C11H15N5OS/c1-2-12-8-6-18-5-7(8)11-15-10(16-17-11)9-13-3-4-14-9/h3-4,7-8,12H,2,5-6H2,1H3,(H,13,14). The smallest absolute Gasteiger partial charge is 0.238 e. The summed E-state index contributed by atoms with van der Waals surface area (Å²) in [7, 11) is 0. The van der Waals surface area contributed by atoms with Gasteiger partial charge in [0.05, 0.1) is 5.92 Å². The Morgan fingerprint density at radius 3 is 3.28 bits per heavy atom. The average Bonchev–Trinajstić information content (AvgIpc) is 3.10. The molecule has 7 heteroatoms. The van der Waals surface area contributed by atoms with Crippen LogP contribution in [0.1, 0.15) is 18.7 Å². The number of rotatable bonds is 4.